The minimum absolute atomic E-state index is 0.196. The van der Waals surface area contributed by atoms with Gasteiger partial charge in [0.1, 0.15) is 5.58 Å². The van der Waals surface area contributed by atoms with Crippen molar-refractivity contribution in [1.29, 1.82) is 0 Å². The third-order valence-corrected chi connectivity index (χ3v) is 2.27. The zero-order valence-electron chi connectivity index (χ0n) is 8.32. The molecule has 0 radical (unpaired) electrons. The van der Waals surface area contributed by atoms with E-state index in [1.54, 1.807) is 6.07 Å². The van der Waals surface area contributed by atoms with Crippen molar-refractivity contribution in [1.82, 2.24) is 0 Å². The Morgan fingerprint density at radius 2 is 2.20 bits per heavy atom. The number of benzene rings is 1. The molecule has 15 heavy (non-hydrogen) atoms. The van der Waals surface area contributed by atoms with Crippen LogP contribution in [0, 0.1) is 0 Å². The highest BCUT2D eigenvalue weighted by atomic mass is 16.5. The van der Waals surface area contributed by atoms with E-state index in [1.165, 1.54) is 7.11 Å². The van der Waals surface area contributed by atoms with Crippen LogP contribution in [0.3, 0.4) is 0 Å². The average Bonchev–Trinajstić information content (AvgIpc) is 2.66. The number of esters is 1. The lowest BCUT2D eigenvalue weighted by atomic mass is 10.1. The fourth-order valence-electron chi connectivity index (χ4n) is 1.56. The zero-order valence-corrected chi connectivity index (χ0v) is 8.32. The molecule has 4 heteroatoms. The fourth-order valence-corrected chi connectivity index (χ4v) is 1.56. The van der Waals surface area contributed by atoms with Crippen LogP contribution in [0.4, 0.5) is 0 Å². The summed E-state index contributed by atoms with van der Waals surface area (Å²) in [6.07, 6.45) is 0. The smallest absolute Gasteiger partial charge is 0.374 e. The first-order valence-corrected chi connectivity index (χ1v) is 4.56. The van der Waals surface area contributed by atoms with Crippen molar-refractivity contribution in [3.63, 3.8) is 0 Å². The number of furan rings is 1. The molecule has 4 nitrogen and oxygen atoms in total. The van der Waals surface area contributed by atoms with Crippen molar-refractivity contribution in [3.8, 4) is 0 Å². The summed E-state index contributed by atoms with van der Waals surface area (Å²) in [6, 6.07) is 7.37. The molecule has 78 valence electrons. The number of carbonyl (C=O) groups is 1. The first kappa shape index (κ1) is 9.73. The van der Waals surface area contributed by atoms with E-state index in [1.807, 2.05) is 18.2 Å². The Bertz CT molecular complexity index is 502. The van der Waals surface area contributed by atoms with Crippen LogP contribution >= 0.6 is 0 Å². The Balaban J connectivity index is 2.69. The van der Waals surface area contributed by atoms with Crippen molar-refractivity contribution >= 4 is 16.9 Å². The molecule has 0 saturated heterocycles. The maximum atomic E-state index is 11.4. The summed E-state index contributed by atoms with van der Waals surface area (Å²) >= 11 is 0. The van der Waals surface area contributed by atoms with Crippen molar-refractivity contribution in [3.05, 3.63) is 35.6 Å². The molecule has 0 bridgehead atoms. The quantitative estimate of drug-likeness (QED) is 0.757. The third-order valence-electron chi connectivity index (χ3n) is 2.27. The summed E-state index contributed by atoms with van der Waals surface area (Å²) in [5, 5.41) is 0.861. The molecule has 0 amide bonds. The normalized spacial score (nSPS) is 10.5. The minimum atomic E-state index is -0.494. The molecule has 0 unspecified atom stereocenters. The van der Waals surface area contributed by atoms with Gasteiger partial charge in [-0.05, 0) is 6.07 Å². The van der Waals surface area contributed by atoms with Crippen molar-refractivity contribution in [2.45, 2.75) is 6.54 Å². The summed E-state index contributed by atoms with van der Waals surface area (Å²) in [4.78, 5) is 11.4. The predicted molar refractivity (Wildman–Crippen MR) is 55.4 cm³/mol. The summed E-state index contributed by atoms with van der Waals surface area (Å²) < 4.78 is 10.0. The van der Waals surface area contributed by atoms with Gasteiger partial charge < -0.3 is 14.9 Å². The molecular weight excluding hydrogens is 194 g/mol. The molecule has 2 rings (SSSR count). The summed E-state index contributed by atoms with van der Waals surface area (Å²) in [7, 11) is 1.32. The Kier molecular flexibility index (Phi) is 2.43. The van der Waals surface area contributed by atoms with Gasteiger partial charge in [0.05, 0.1) is 7.11 Å². The average molecular weight is 205 g/mol. The molecule has 1 aromatic heterocycles. The summed E-state index contributed by atoms with van der Waals surface area (Å²) in [5.41, 5.74) is 6.93. The Hall–Kier alpha value is -1.81. The Morgan fingerprint density at radius 3 is 2.87 bits per heavy atom. The van der Waals surface area contributed by atoms with E-state index in [0.29, 0.717) is 11.1 Å². The number of nitrogens with two attached hydrogens (primary N) is 1. The molecule has 0 fully saturated rings. The lowest BCUT2D eigenvalue weighted by Crippen LogP contribution is -2.06. The predicted octanol–water partition coefficient (Wildman–Crippen LogP) is 1.68. The number of para-hydroxylation sites is 1. The molecule has 1 aromatic carbocycles. The highest BCUT2D eigenvalue weighted by Crippen LogP contribution is 2.25. The zero-order chi connectivity index (χ0) is 10.8. The third kappa shape index (κ3) is 1.49. The van der Waals surface area contributed by atoms with Crippen molar-refractivity contribution < 1.29 is 13.9 Å². The molecule has 0 aliphatic heterocycles. The molecule has 0 spiro atoms. The van der Waals surface area contributed by atoms with E-state index in [2.05, 4.69) is 4.74 Å². The molecule has 2 N–H and O–H groups in total. The second kappa shape index (κ2) is 3.74. The van der Waals surface area contributed by atoms with E-state index in [9.17, 15) is 4.79 Å². The van der Waals surface area contributed by atoms with E-state index in [4.69, 9.17) is 10.2 Å². The lowest BCUT2D eigenvalue weighted by molar-refractivity contribution is 0.0566. The number of hydrogen-bond donors (Lipinski definition) is 1. The number of fused-ring (bicyclic) bond motifs is 1. The van der Waals surface area contributed by atoms with Crippen LogP contribution in [0.2, 0.25) is 0 Å². The van der Waals surface area contributed by atoms with Crippen molar-refractivity contribution in [2.24, 2.45) is 5.73 Å². The summed E-state index contributed by atoms with van der Waals surface area (Å²) in [6.45, 7) is 0.251. The van der Waals surface area contributed by atoms with Gasteiger partial charge in [0.2, 0.25) is 5.76 Å². The van der Waals surface area contributed by atoms with Crippen LogP contribution in [-0.4, -0.2) is 13.1 Å². The number of carbonyl (C=O) groups excluding carboxylic acids is 1. The Labute approximate surface area is 86.6 Å². The first-order valence-electron chi connectivity index (χ1n) is 4.56. The van der Waals surface area contributed by atoms with Gasteiger partial charge in [-0.2, -0.15) is 0 Å². The number of rotatable bonds is 2. The van der Waals surface area contributed by atoms with Gasteiger partial charge in [-0.25, -0.2) is 4.79 Å². The maximum absolute atomic E-state index is 11.4. The summed E-state index contributed by atoms with van der Waals surface area (Å²) in [5.74, 6) is -0.298. The fraction of sp³-hybridized carbons (Fsp3) is 0.182. The highest BCUT2D eigenvalue weighted by molar-refractivity contribution is 5.95. The molecule has 1 heterocycles. The molecule has 0 aliphatic carbocycles. The standard InChI is InChI=1S/C11H11NO3/c1-14-11(13)10-8(6-12)7-4-2-3-5-9(7)15-10/h2-5H,6,12H2,1H3. The van der Waals surface area contributed by atoms with Gasteiger partial charge in [-0.15, -0.1) is 0 Å². The number of hydrogen-bond acceptors (Lipinski definition) is 4. The van der Waals surface area contributed by atoms with Gasteiger partial charge in [0.15, 0.2) is 0 Å². The number of ether oxygens (including phenoxy) is 1. The van der Waals surface area contributed by atoms with Crippen LogP contribution in [0.15, 0.2) is 28.7 Å². The second-order valence-electron chi connectivity index (χ2n) is 3.10. The largest absolute Gasteiger partial charge is 0.463 e. The van der Waals surface area contributed by atoms with Crippen LogP contribution in [-0.2, 0) is 11.3 Å². The molecule has 2 aromatic rings. The lowest BCUT2D eigenvalue weighted by Gasteiger charge is -1.96. The van der Waals surface area contributed by atoms with Crippen LogP contribution in [0.25, 0.3) is 11.0 Å². The van der Waals surface area contributed by atoms with Crippen LogP contribution in [0.5, 0.6) is 0 Å². The van der Waals surface area contributed by atoms with Crippen molar-refractivity contribution in [2.75, 3.05) is 7.11 Å². The van der Waals surface area contributed by atoms with Gasteiger partial charge >= 0.3 is 5.97 Å². The van der Waals surface area contributed by atoms with Gasteiger partial charge in [0.25, 0.3) is 0 Å². The highest BCUT2D eigenvalue weighted by Gasteiger charge is 2.19. The van der Waals surface area contributed by atoms with Gasteiger partial charge in [-0.3, -0.25) is 0 Å². The topological polar surface area (TPSA) is 65.5 Å². The number of methoxy groups -OCH3 is 1. The van der Waals surface area contributed by atoms with E-state index >= 15 is 0 Å². The van der Waals surface area contributed by atoms with Gasteiger partial charge in [-0.1, -0.05) is 18.2 Å². The second-order valence-corrected chi connectivity index (χ2v) is 3.10. The molecular formula is C11H11NO3. The van der Waals surface area contributed by atoms with E-state index in [0.717, 1.165) is 5.39 Å². The van der Waals surface area contributed by atoms with Crippen LogP contribution in [0.1, 0.15) is 16.1 Å². The minimum Gasteiger partial charge on any atom is -0.463 e. The van der Waals surface area contributed by atoms with E-state index in [-0.39, 0.29) is 12.3 Å². The van der Waals surface area contributed by atoms with Crippen LogP contribution < -0.4 is 5.73 Å². The molecule has 0 aliphatic rings. The van der Waals surface area contributed by atoms with Gasteiger partial charge in [0, 0.05) is 17.5 Å². The SMILES string of the molecule is COC(=O)c1oc2ccccc2c1CN. The molecule has 0 saturated carbocycles. The first-order chi connectivity index (χ1) is 7.27. The van der Waals surface area contributed by atoms with E-state index < -0.39 is 5.97 Å². The molecule has 0 atom stereocenters. The maximum Gasteiger partial charge on any atom is 0.374 e. The Morgan fingerprint density at radius 1 is 1.47 bits per heavy atom. The monoisotopic (exact) mass is 205 g/mol.